The van der Waals surface area contributed by atoms with Crippen LogP contribution in [0.3, 0.4) is 0 Å². The van der Waals surface area contributed by atoms with Gasteiger partial charge in [-0.05, 0) is 49.4 Å². The minimum absolute atomic E-state index is 0.0918. The number of hydrogen-bond acceptors (Lipinski definition) is 3. The molecule has 0 radical (unpaired) electrons. The maximum atomic E-state index is 11.6. The van der Waals surface area contributed by atoms with Crippen molar-refractivity contribution < 1.29 is 9.53 Å². The number of benzene rings is 2. The Bertz CT molecular complexity index is 688. The highest BCUT2D eigenvalue weighted by molar-refractivity contribution is 9.10. The number of carbonyl (C=O) groups is 1. The quantitative estimate of drug-likeness (QED) is 0.752. The monoisotopic (exact) mass is 379 g/mol. The lowest BCUT2D eigenvalue weighted by molar-refractivity contribution is 0.262. The Morgan fingerprint density at radius 3 is 2.73 bits per heavy atom. The lowest BCUT2D eigenvalue weighted by Crippen LogP contribution is -2.11. The number of amides is 1. The van der Waals surface area contributed by atoms with E-state index in [9.17, 15) is 4.79 Å². The Morgan fingerprint density at radius 1 is 1.27 bits per heavy atom. The van der Waals surface area contributed by atoms with Crippen molar-refractivity contribution in [3.63, 3.8) is 0 Å². The molecule has 0 aliphatic rings. The molecule has 0 unspecified atom stereocenters. The third-order valence-electron chi connectivity index (χ3n) is 3.19. The Hall–Kier alpha value is -1.46. The molecule has 0 fully saturated rings. The van der Waals surface area contributed by atoms with Gasteiger partial charge in [-0.15, -0.1) is 0 Å². The molecule has 3 nitrogen and oxygen atoms in total. The molecular weight excluding hydrogens is 362 g/mol. The second-order valence-electron chi connectivity index (χ2n) is 4.91. The minimum atomic E-state index is -0.0918. The maximum Gasteiger partial charge on any atom is 0.283 e. The molecule has 2 aromatic rings. The highest BCUT2D eigenvalue weighted by atomic mass is 79.9. The van der Waals surface area contributed by atoms with Crippen LogP contribution in [0.5, 0.6) is 5.75 Å². The lowest BCUT2D eigenvalue weighted by atomic mass is 10.1. The van der Waals surface area contributed by atoms with Gasteiger partial charge in [-0.2, -0.15) is 0 Å². The second kappa shape index (κ2) is 7.70. The van der Waals surface area contributed by atoms with E-state index in [-0.39, 0.29) is 5.24 Å². The predicted octanol–water partition coefficient (Wildman–Crippen LogP) is 5.08. The van der Waals surface area contributed by atoms with Crippen molar-refractivity contribution >= 4 is 32.9 Å². The zero-order valence-corrected chi connectivity index (χ0v) is 15.2. The van der Waals surface area contributed by atoms with Crippen molar-refractivity contribution in [3.05, 3.63) is 57.6 Å². The Morgan fingerprint density at radius 2 is 2.05 bits per heavy atom. The number of aryl methyl sites for hydroxylation is 2. The number of hydrogen-bond donors (Lipinski definition) is 1. The van der Waals surface area contributed by atoms with Crippen LogP contribution in [0, 0.1) is 13.8 Å². The predicted molar refractivity (Wildman–Crippen MR) is 94.7 cm³/mol. The third-order valence-corrected chi connectivity index (χ3v) is 4.92. The molecule has 5 heteroatoms. The fourth-order valence-corrected chi connectivity index (χ4v) is 3.39. The summed E-state index contributed by atoms with van der Waals surface area (Å²) in [7, 11) is 1.62. The van der Waals surface area contributed by atoms with E-state index >= 15 is 0 Å². The van der Waals surface area contributed by atoms with Gasteiger partial charge in [0.25, 0.3) is 5.24 Å². The highest BCUT2D eigenvalue weighted by Gasteiger charge is 2.12. The first kappa shape index (κ1) is 16.9. The van der Waals surface area contributed by atoms with E-state index in [0.29, 0.717) is 6.61 Å². The molecule has 2 aromatic carbocycles. The molecule has 0 heterocycles. The van der Waals surface area contributed by atoms with E-state index in [1.54, 1.807) is 7.05 Å². The number of nitrogens with one attached hydrogen (secondary N) is 1. The smallest absolute Gasteiger partial charge is 0.283 e. The van der Waals surface area contributed by atoms with Gasteiger partial charge in [0.05, 0.1) is 0 Å². The molecule has 0 bridgehead atoms. The maximum absolute atomic E-state index is 11.6. The molecule has 1 N–H and O–H groups in total. The summed E-state index contributed by atoms with van der Waals surface area (Å²) in [6.07, 6.45) is 0. The summed E-state index contributed by atoms with van der Waals surface area (Å²) in [6.45, 7) is 4.50. The molecule has 0 spiro atoms. The number of halogens is 1. The molecule has 0 aliphatic carbocycles. The van der Waals surface area contributed by atoms with E-state index in [1.807, 2.05) is 37.3 Å². The standard InChI is InChI=1S/C17H18BrNO2S/c1-11-7-8-15(12(2)9-11)21-10-13-14(18)5-4-6-16(13)22-17(20)19-3/h4-9H,10H2,1-3H3,(H,19,20). The van der Waals surface area contributed by atoms with Crippen molar-refractivity contribution in [1.82, 2.24) is 5.32 Å². The molecule has 2 rings (SSSR count). The van der Waals surface area contributed by atoms with Crippen molar-refractivity contribution in [2.24, 2.45) is 0 Å². The normalized spacial score (nSPS) is 10.4. The summed E-state index contributed by atoms with van der Waals surface area (Å²) in [5.74, 6) is 0.859. The molecular formula is C17H18BrNO2S. The Balaban J connectivity index is 2.19. The zero-order valence-electron chi connectivity index (χ0n) is 12.8. The largest absolute Gasteiger partial charge is 0.489 e. The molecule has 0 saturated carbocycles. The molecule has 0 aromatic heterocycles. The SMILES string of the molecule is CNC(=O)Sc1cccc(Br)c1COc1ccc(C)cc1C. The van der Waals surface area contributed by atoms with Crippen LogP contribution in [0.1, 0.15) is 16.7 Å². The second-order valence-corrected chi connectivity index (χ2v) is 6.78. The van der Waals surface area contributed by atoms with Crippen molar-refractivity contribution in [1.29, 1.82) is 0 Å². The lowest BCUT2D eigenvalue weighted by Gasteiger charge is -2.14. The summed E-state index contributed by atoms with van der Waals surface area (Å²) in [5, 5.41) is 2.53. The molecule has 0 atom stereocenters. The van der Waals surface area contributed by atoms with E-state index in [0.717, 1.165) is 26.2 Å². The number of ether oxygens (including phenoxy) is 1. The molecule has 0 saturated heterocycles. The van der Waals surface area contributed by atoms with Gasteiger partial charge >= 0.3 is 0 Å². The summed E-state index contributed by atoms with van der Waals surface area (Å²) >= 11 is 4.70. The van der Waals surface area contributed by atoms with Crippen LogP contribution in [0.2, 0.25) is 0 Å². The average Bonchev–Trinajstić information content (AvgIpc) is 2.48. The van der Waals surface area contributed by atoms with E-state index in [2.05, 4.69) is 34.2 Å². The van der Waals surface area contributed by atoms with Gasteiger partial charge in [0.2, 0.25) is 0 Å². The first-order valence-electron chi connectivity index (χ1n) is 6.88. The van der Waals surface area contributed by atoms with Crippen LogP contribution >= 0.6 is 27.7 Å². The van der Waals surface area contributed by atoms with Crippen LogP contribution < -0.4 is 10.1 Å². The molecule has 116 valence electrons. The minimum Gasteiger partial charge on any atom is -0.489 e. The fourth-order valence-electron chi connectivity index (χ4n) is 2.04. The van der Waals surface area contributed by atoms with Gasteiger partial charge in [0.15, 0.2) is 0 Å². The summed E-state index contributed by atoms with van der Waals surface area (Å²) < 4.78 is 6.88. The van der Waals surface area contributed by atoms with Gasteiger partial charge < -0.3 is 10.1 Å². The average molecular weight is 380 g/mol. The van der Waals surface area contributed by atoms with Crippen molar-refractivity contribution in [3.8, 4) is 5.75 Å². The topological polar surface area (TPSA) is 38.3 Å². The van der Waals surface area contributed by atoms with E-state index in [1.165, 1.54) is 17.3 Å². The summed E-state index contributed by atoms with van der Waals surface area (Å²) in [5.41, 5.74) is 3.28. The van der Waals surface area contributed by atoms with E-state index < -0.39 is 0 Å². The third kappa shape index (κ3) is 4.27. The first-order valence-corrected chi connectivity index (χ1v) is 8.49. The summed E-state index contributed by atoms with van der Waals surface area (Å²) in [4.78, 5) is 12.5. The number of carbonyl (C=O) groups excluding carboxylic acids is 1. The Kier molecular flexibility index (Phi) is 5.91. The van der Waals surface area contributed by atoms with Gasteiger partial charge in [0, 0.05) is 22.0 Å². The first-order chi connectivity index (χ1) is 10.5. The molecule has 1 amide bonds. The van der Waals surface area contributed by atoms with Crippen molar-refractivity contribution in [2.45, 2.75) is 25.3 Å². The van der Waals surface area contributed by atoms with Crippen LogP contribution in [0.15, 0.2) is 45.8 Å². The molecule has 0 aliphatic heterocycles. The van der Waals surface area contributed by atoms with E-state index in [4.69, 9.17) is 4.74 Å². The van der Waals surface area contributed by atoms with Crippen LogP contribution in [-0.2, 0) is 6.61 Å². The highest BCUT2D eigenvalue weighted by Crippen LogP contribution is 2.31. The van der Waals surface area contributed by atoms with Crippen LogP contribution in [-0.4, -0.2) is 12.3 Å². The summed E-state index contributed by atoms with van der Waals surface area (Å²) in [6, 6.07) is 11.9. The van der Waals surface area contributed by atoms with Gasteiger partial charge in [0.1, 0.15) is 12.4 Å². The fraction of sp³-hybridized carbons (Fsp3) is 0.235. The van der Waals surface area contributed by atoms with Crippen LogP contribution in [0.25, 0.3) is 0 Å². The van der Waals surface area contributed by atoms with Crippen molar-refractivity contribution in [2.75, 3.05) is 7.05 Å². The zero-order chi connectivity index (χ0) is 16.1. The Labute approximate surface area is 143 Å². The molecule has 22 heavy (non-hydrogen) atoms. The van der Waals surface area contributed by atoms with Gasteiger partial charge in [-0.25, -0.2) is 0 Å². The van der Waals surface area contributed by atoms with Crippen LogP contribution in [0.4, 0.5) is 4.79 Å². The number of rotatable bonds is 4. The van der Waals surface area contributed by atoms with Gasteiger partial charge in [-0.1, -0.05) is 39.7 Å². The number of thioether (sulfide) groups is 1. The van der Waals surface area contributed by atoms with Gasteiger partial charge in [-0.3, -0.25) is 4.79 Å².